The molecule has 1 unspecified atom stereocenters. The van der Waals surface area contributed by atoms with Crippen molar-refractivity contribution in [3.05, 3.63) is 77.4 Å². The second-order valence-corrected chi connectivity index (χ2v) is 12.2. The molecule has 6 rings (SSSR count). The number of nitrogens with zero attached hydrogens (tertiary/aromatic N) is 2. The van der Waals surface area contributed by atoms with E-state index in [1.54, 1.807) is 25.3 Å². The largest absolute Gasteiger partial charge is 0.508 e. The predicted octanol–water partition coefficient (Wildman–Crippen LogP) is 5.27. The molecule has 9 nitrogen and oxygen atoms in total. The summed E-state index contributed by atoms with van der Waals surface area (Å²) in [6.07, 6.45) is 1.55. The van der Waals surface area contributed by atoms with Crippen LogP contribution in [-0.2, 0) is 16.1 Å². The average molecular weight is 617 g/mol. The van der Waals surface area contributed by atoms with Crippen molar-refractivity contribution in [1.82, 2.24) is 9.80 Å². The molecule has 0 saturated carbocycles. The Kier molecular flexibility index (Phi) is 9.13. The molecular formula is C34H36N2O7S. The Morgan fingerprint density at radius 1 is 1.02 bits per heavy atom. The van der Waals surface area contributed by atoms with Crippen molar-refractivity contribution in [3.8, 4) is 27.7 Å². The number of ether oxygens (including phenoxy) is 3. The highest BCUT2D eigenvalue weighted by Crippen LogP contribution is 2.42. The van der Waals surface area contributed by atoms with Crippen molar-refractivity contribution in [2.45, 2.75) is 25.4 Å². The number of carbonyl (C=O) groups is 2. The zero-order valence-corrected chi connectivity index (χ0v) is 25.5. The van der Waals surface area contributed by atoms with E-state index in [-0.39, 0.29) is 11.5 Å². The quantitative estimate of drug-likeness (QED) is 0.218. The maximum Gasteiger partial charge on any atom is 0.320 e. The van der Waals surface area contributed by atoms with Crippen LogP contribution in [0.25, 0.3) is 20.5 Å². The van der Waals surface area contributed by atoms with E-state index in [9.17, 15) is 19.8 Å². The van der Waals surface area contributed by atoms with Crippen LogP contribution in [0.3, 0.4) is 0 Å². The number of carboxylic acids is 1. The van der Waals surface area contributed by atoms with Crippen LogP contribution in [0.2, 0.25) is 0 Å². The number of phenols is 1. The lowest BCUT2D eigenvalue weighted by atomic mass is 9.96. The number of hydrogen-bond donors (Lipinski definition) is 2. The summed E-state index contributed by atoms with van der Waals surface area (Å²) in [6.45, 7) is 5.55. The molecule has 0 spiro atoms. The Bertz CT molecular complexity index is 1650. The van der Waals surface area contributed by atoms with Gasteiger partial charge in [0.2, 0.25) is 0 Å². The second kappa shape index (κ2) is 13.4. The molecule has 0 amide bonds. The summed E-state index contributed by atoms with van der Waals surface area (Å²) in [5.74, 6) is 0.590. The minimum Gasteiger partial charge on any atom is -0.508 e. The number of rotatable bonds is 11. The number of carboxylic acid groups (broad SMARTS) is 1. The van der Waals surface area contributed by atoms with Gasteiger partial charge >= 0.3 is 5.97 Å². The lowest BCUT2D eigenvalue weighted by molar-refractivity contribution is -0.142. The van der Waals surface area contributed by atoms with Crippen LogP contribution in [0, 0.1) is 0 Å². The molecule has 2 aliphatic heterocycles. The van der Waals surface area contributed by atoms with Gasteiger partial charge < -0.3 is 24.4 Å². The summed E-state index contributed by atoms with van der Waals surface area (Å²) < 4.78 is 18.0. The molecule has 1 aromatic heterocycles. The predicted molar refractivity (Wildman–Crippen MR) is 169 cm³/mol. The third kappa shape index (κ3) is 6.44. The number of phenolic OH excluding ortho intramolecular Hbond substituents is 1. The number of methoxy groups -OCH3 is 1. The van der Waals surface area contributed by atoms with Gasteiger partial charge in [0.25, 0.3) is 0 Å². The Morgan fingerprint density at radius 2 is 1.82 bits per heavy atom. The second-order valence-electron chi connectivity index (χ2n) is 11.1. The number of ketones is 1. The van der Waals surface area contributed by atoms with Gasteiger partial charge in [-0.2, -0.15) is 0 Å². The van der Waals surface area contributed by atoms with Crippen LogP contribution >= 0.6 is 11.3 Å². The fourth-order valence-electron chi connectivity index (χ4n) is 6.03. The van der Waals surface area contributed by atoms with Gasteiger partial charge in [-0.05, 0) is 73.5 Å². The molecular weight excluding hydrogens is 580 g/mol. The first kappa shape index (κ1) is 30.1. The topological polar surface area (TPSA) is 109 Å². The Hall–Kier alpha value is -3.96. The van der Waals surface area contributed by atoms with Crippen LogP contribution in [-0.4, -0.2) is 90.9 Å². The van der Waals surface area contributed by atoms with E-state index in [1.165, 1.54) is 11.3 Å². The van der Waals surface area contributed by atoms with E-state index in [0.29, 0.717) is 55.4 Å². The molecule has 4 aromatic rings. The lowest BCUT2D eigenvalue weighted by Gasteiger charge is -2.27. The SMILES string of the molecule is COc1cc(C(=O)c2c(-c3ccc(OCCN4CCCC4C(=O)O)cc3)sc3cc(O)ccc23)ccc1CN1CCOCC1. The number of carbonyl (C=O) groups excluding carboxylic acids is 1. The number of morpholine rings is 1. The van der Waals surface area contributed by atoms with Gasteiger partial charge in [0.05, 0.1) is 20.3 Å². The minimum atomic E-state index is -0.781. The van der Waals surface area contributed by atoms with E-state index >= 15 is 0 Å². The summed E-state index contributed by atoms with van der Waals surface area (Å²) >= 11 is 1.46. The molecule has 2 aliphatic rings. The molecule has 3 heterocycles. The molecule has 0 radical (unpaired) electrons. The number of benzene rings is 3. The molecule has 230 valence electrons. The third-order valence-electron chi connectivity index (χ3n) is 8.36. The van der Waals surface area contributed by atoms with Gasteiger partial charge in [-0.15, -0.1) is 11.3 Å². The van der Waals surface area contributed by atoms with Crippen LogP contribution in [0.5, 0.6) is 17.2 Å². The first-order valence-corrected chi connectivity index (χ1v) is 15.7. The van der Waals surface area contributed by atoms with E-state index in [0.717, 1.165) is 58.7 Å². The number of hydrogen-bond acceptors (Lipinski definition) is 9. The molecule has 0 aliphatic carbocycles. The maximum absolute atomic E-state index is 14.2. The number of aliphatic carboxylic acids is 1. The molecule has 44 heavy (non-hydrogen) atoms. The van der Waals surface area contributed by atoms with Crippen molar-refractivity contribution in [1.29, 1.82) is 0 Å². The first-order chi connectivity index (χ1) is 21.4. The van der Waals surface area contributed by atoms with E-state index in [2.05, 4.69) is 4.90 Å². The van der Waals surface area contributed by atoms with Crippen molar-refractivity contribution in [2.24, 2.45) is 0 Å². The highest BCUT2D eigenvalue weighted by Gasteiger charge is 2.30. The fourth-order valence-corrected chi connectivity index (χ4v) is 7.27. The molecule has 3 aromatic carbocycles. The smallest absolute Gasteiger partial charge is 0.320 e. The zero-order valence-electron chi connectivity index (χ0n) is 24.7. The van der Waals surface area contributed by atoms with Crippen LogP contribution < -0.4 is 9.47 Å². The van der Waals surface area contributed by atoms with Gasteiger partial charge in [0.15, 0.2) is 5.78 Å². The Morgan fingerprint density at radius 3 is 2.57 bits per heavy atom. The van der Waals surface area contributed by atoms with Gasteiger partial charge in [-0.1, -0.05) is 12.1 Å². The maximum atomic E-state index is 14.2. The molecule has 10 heteroatoms. The van der Waals surface area contributed by atoms with E-state index in [1.807, 2.05) is 47.4 Å². The summed E-state index contributed by atoms with van der Waals surface area (Å²) in [5.41, 5.74) is 2.99. The summed E-state index contributed by atoms with van der Waals surface area (Å²) in [6, 6.07) is 17.9. The normalized spacial score (nSPS) is 17.6. The number of thiophene rings is 1. The number of aromatic hydroxyl groups is 1. The van der Waals surface area contributed by atoms with Gasteiger partial charge in [-0.3, -0.25) is 19.4 Å². The molecule has 2 saturated heterocycles. The fraction of sp³-hybridized carbons (Fsp3) is 0.353. The summed E-state index contributed by atoms with van der Waals surface area (Å²) in [5, 5.41) is 20.4. The monoisotopic (exact) mass is 616 g/mol. The van der Waals surface area contributed by atoms with Crippen molar-refractivity contribution in [2.75, 3.05) is 53.1 Å². The third-order valence-corrected chi connectivity index (χ3v) is 9.56. The van der Waals surface area contributed by atoms with Crippen molar-refractivity contribution >= 4 is 33.2 Å². The molecule has 2 N–H and O–H groups in total. The standard InChI is InChI=1S/C34H36N2O7S/c1-41-29-19-23(4-5-24(29)21-35-13-16-42-17-14-35)32(38)31-27-11-8-25(37)20-30(27)44-33(31)22-6-9-26(10-7-22)43-18-15-36-12-2-3-28(36)34(39)40/h4-11,19-20,28,37H,2-3,12-18,21H2,1H3,(H,39,40). The van der Waals surface area contributed by atoms with Crippen LogP contribution in [0.15, 0.2) is 60.7 Å². The van der Waals surface area contributed by atoms with E-state index in [4.69, 9.17) is 14.2 Å². The number of likely N-dealkylation sites (tertiary alicyclic amines) is 1. The van der Waals surface area contributed by atoms with E-state index < -0.39 is 12.0 Å². The number of fused-ring (bicyclic) bond motifs is 1. The van der Waals surface area contributed by atoms with Gasteiger partial charge in [0, 0.05) is 57.8 Å². The van der Waals surface area contributed by atoms with Crippen LogP contribution in [0.4, 0.5) is 0 Å². The summed E-state index contributed by atoms with van der Waals surface area (Å²) in [7, 11) is 1.62. The average Bonchev–Trinajstić information content (AvgIpc) is 3.66. The highest BCUT2D eigenvalue weighted by atomic mass is 32.1. The van der Waals surface area contributed by atoms with Crippen molar-refractivity contribution < 1.29 is 34.0 Å². The molecule has 1 atom stereocenters. The Labute approximate surface area is 260 Å². The summed E-state index contributed by atoms with van der Waals surface area (Å²) in [4.78, 5) is 30.7. The lowest BCUT2D eigenvalue weighted by Crippen LogP contribution is -2.38. The van der Waals surface area contributed by atoms with Crippen molar-refractivity contribution in [3.63, 3.8) is 0 Å². The highest BCUT2D eigenvalue weighted by molar-refractivity contribution is 7.22. The molecule has 2 fully saturated rings. The first-order valence-electron chi connectivity index (χ1n) is 14.9. The zero-order chi connectivity index (χ0) is 30.6. The van der Waals surface area contributed by atoms with Crippen LogP contribution in [0.1, 0.15) is 34.3 Å². The molecule has 0 bridgehead atoms. The minimum absolute atomic E-state index is 0.118. The van der Waals surface area contributed by atoms with Gasteiger partial charge in [0.1, 0.15) is 29.9 Å². The van der Waals surface area contributed by atoms with Gasteiger partial charge in [-0.25, -0.2) is 0 Å². The Balaban J connectivity index is 1.24.